The number of imide groups is 1. The lowest BCUT2D eigenvalue weighted by atomic mass is 10.1. The van der Waals surface area contributed by atoms with Gasteiger partial charge in [0.15, 0.2) is 0 Å². The molecule has 0 atom stereocenters. The number of nitrogens with one attached hydrogen (secondary N) is 1. The third-order valence-corrected chi connectivity index (χ3v) is 1.09. The lowest BCUT2D eigenvalue weighted by Gasteiger charge is -2.07. The number of hydrogen-bond acceptors (Lipinski definition) is 6. The molecule has 0 saturated carbocycles. The maximum atomic E-state index is 10.3. The second kappa shape index (κ2) is 8.06. The van der Waals surface area contributed by atoms with Gasteiger partial charge < -0.3 is 0 Å². The van der Waals surface area contributed by atoms with Gasteiger partial charge in [-0.3, -0.25) is 33.1 Å². The van der Waals surface area contributed by atoms with Crippen LogP contribution in [0.2, 0.25) is 0 Å². The van der Waals surface area contributed by atoms with Crippen molar-refractivity contribution in [2.45, 2.75) is 19.3 Å². The molecule has 0 spiro atoms. The Morgan fingerprint density at radius 3 is 1.11 bits per heavy atom. The predicted octanol–water partition coefficient (Wildman–Crippen LogP) is -1.49. The van der Waals surface area contributed by atoms with E-state index in [0.717, 1.165) is 0 Å². The zero-order valence-corrected chi connectivity index (χ0v) is 10.3. The minimum atomic E-state index is -4.67. The van der Waals surface area contributed by atoms with Crippen LogP contribution in [0.1, 0.15) is 19.3 Å². The van der Waals surface area contributed by atoms with E-state index in [0.29, 0.717) is 19.3 Å². The summed E-state index contributed by atoms with van der Waals surface area (Å²) < 4.78 is 63.2. The summed E-state index contributed by atoms with van der Waals surface area (Å²) >= 11 is 0. The van der Waals surface area contributed by atoms with Crippen molar-refractivity contribution in [2.24, 2.45) is 0 Å². The van der Waals surface area contributed by atoms with E-state index >= 15 is 0 Å². The van der Waals surface area contributed by atoms with Gasteiger partial charge in [0.2, 0.25) is 11.8 Å². The molecule has 1 aliphatic rings. The quantitative estimate of drug-likeness (QED) is 0.259. The van der Waals surface area contributed by atoms with Crippen molar-refractivity contribution in [1.29, 1.82) is 0 Å². The molecule has 0 aromatic rings. The van der Waals surface area contributed by atoms with Crippen molar-refractivity contribution in [3.05, 3.63) is 0 Å². The molecule has 0 aliphatic carbocycles. The van der Waals surface area contributed by atoms with Gasteiger partial charge in [0, 0.05) is 12.8 Å². The molecule has 108 valence electrons. The minimum absolute atomic E-state index is 0.138. The fraction of sp³-hybridized carbons (Fsp3) is 0.600. The first kappa shape index (κ1) is 19.2. The summed E-state index contributed by atoms with van der Waals surface area (Å²) in [5.41, 5.74) is 0. The summed E-state index contributed by atoms with van der Waals surface area (Å²) in [5, 5.41) is 2.20. The number of amides is 2. The Kier molecular flexibility index (Phi) is 8.61. The van der Waals surface area contributed by atoms with E-state index in [1.165, 1.54) is 0 Å². The Morgan fingerprint density at radius 1 is 0.778 bits per heavy atom. The average Bonchev–Trinajstić information content (AvgIpc) is 1.95. The smallest absolute Gasteiger partial charge is 0.296 e. The van der Waals surface area contributed by atoms with Gasteiger partial charge in [-0.1, -0.05) is 0 Å². The van der Waals surface area contributed by atoms with Gasteiger partial charge in [0.1, 0.15) is 0 Å². The number of piperidine rings is 1. The molecule has 2 amide bonds. The highest BCUT2D eigenvalue weighted by atomic mass is 32.3. The molecule has 0 aromatic carbocycles. The molecule has 13 heteroatoms. The summed E-state index contributed by atoms with van der Waals surface area (Å²) in [4.78, 5) is 20.7. The zero-order chi connectivity index (χ0) is 15.0. The highest BCUT2D eigenvalue weighted by molar-refractivity contribution is 7.80. The van der Waals surface area contributed by atoms with Gasteiger partial charge in [0.25, 0.3) is 0 Å². The first-order valence-corrected chi connectivity index (χ1v) is 6.81. The lowest BCUT2D eigenvalue weighted by Crippen LogP contribution is -2.33. The van der Waals surface area contributed by atoms with Gasteiger partial charge in [-0.05, 0) is 6.42 Å². The highest BCUT2D eigenvalue weighted by Crippen LogP contribution is 2.00. The summed E-state index contributed by atoms with van der Waals surface area (Å²) in [6.07, 6.45) is 1.72. The second-order valence-corrected chi connectivity index (χ2v) is 4.51. The van der Waals surface area contributed by atoms with Crippen molar-refractivity contribution in [3.63, 3.8) is 0 Å². The average molecular weight is 309 g/mol. The third-order valence-electron chi connectivity index (χ3n) is 1.09. The topological polar surface area (TPSA) is 195 Å². The van der Waals surface area contributed by atoms with Crippen LogP contribution in [0.5, 0.6) is 0 Å². The fourth-order valence-electron chi connectivity index (χ4n) is 0.690. The maximum absolute atomic E-state index is 10.3. The molecule has 1 fully saturated rings. The summed E-state index contributed by atoms with van der Waals surface area (Å²) in [5.74, 6) is -0.275. The maximum Gasteiger partial charge on any atom is 0.394 e. The van der Waals surface area contributed by atoms with Crippen LogP contribution in [0.3, 0.4) is 0 Å². The van der Waals surface area contributed by atoms with Crippen LogP contribution in [-0.4, -0.2) is 46.9 Å². The molecule has 1 rings (SSSR count). The van der Waals surface area contributed by atoms with Crippen LogP contribution in [0.15, 0.2) is 0 Å². The molecule has 1 saturated heterocycles. The third kappa shape index (κ3) is 36.4. The van der Waals surface area contributed by atoms with Crippen molar-refractivity contribution < 1.29 is 44.6 Å². The van der Waals surface area contributed by atoms with E-state index in [4.69, 9.17) is 35.0 Å². The van der Waals surface area contributed by atoms with E-state index in [-0.39, 0.29) is 11.8 Å². The fourth-order valence-corrected chi connectivity index (χ4v) is 0.690. The highest BCUT2D eigenvalue weighted by Gasteiger charge is 2.12. The van der Waals surface area contributed by atoms with Crippen molar-refractivity contribution >= 4 is 32.6 Å². The number of rotatable bonds is 0. The van der Waals surface area contributed by atoms with Gasteiger partial charge >= 0.3 is 20.8 Å². The lowest BCUT2D eigenvalue weighted by molar-refractivity contribution is -0.132. The van der Waals surface area contributed by atoms with Crippen LogP contribution in [0.25, 0.3) is 0 Å². The van der Waals surface area contributed by atoms with Crippen molar-refractivity contribution in [2.75, 3.05) is 0 Å². The molecular weight excluding hydrogens is 298 g/mol. The van der Waals surface area contributed by atoms with Crippen LogP contribution in [-0.2, 0) is 30.4 Å². The molecule has 1 aliphatic heterocycles. The van der Waals surface area contributed by atoms with Crippen molar-refractivity contribution in [1.82, 2.24) is 5.32 Å². The Labute approximate surface area is 102 Å². The van der Waals surface area contributed by atoms with Gasteiger partial charge in [-0.15, -0.1) is 0 Å². The van der Waals surface area contributed by atoms with E-state index in [1.54, 1.807) is 0 Å². The van der Waals surface area contributed by atoms with E-state index in [2.05, 4.69) is 5.32 Å². The first-order chi connectivity index (χ1) is 7.79. The number of carbonyl (C=O) groups excluding carboxylic acids is 2. The molecule has 18 heavy (non-hydrogen) atoms. The summed E-state index contributed by atoms with van der Waals surface area (Å²) in [6.45, 7) is 0. The molecule has 0 unspecified atom stereocenters. The zero-order valence-electron chi connectivity index (χ0n) is 8.68. The summed E-state index contributed by atoms with van der Waals surface area (Å²) in [6, 6.07) is 0. The Hall–Kier alpha value is -1.12. The first-order valence-electron chi connectivity index (χ1n) is 4.01. The molecule has 11 nitrogen and oxygen atoms in total. The normalized spacial score (nSPS) is 15.6. The van der Waals surface area contributed by atoms with Gasteiger partial charge in [0.05, 0.1) is 0 Å². The largest absolute Gasteiger partial charge is 0.394 e. The predicted molar refractivity (Wildman–Crippen MR) is 55.4 cm³/mol. The van der Waals surface area contributed by atoms with Crippen LogP contribution in [0, 0.1) is 0 Å². The Bertz CT molecular complexity index is 416. The van der Waals surface area contributed by atoms with E-state index < -0.39 is 20.8 Å². The molecular formula is C5H11NO10S2. The Morgan fingerprint density at radius 2 is 1.00 bits per heavy atom. The SMILES string of the molecule is O=C1CCCC(=O)N1.O=S(=O)(O)O.O=S(=O)(O)O. The van der Waals surface area contributed by atoms with Crippen LogP contribution < -0.4 is 5.32 Å². The number of carbonyl (C=O) groups is 2. The second-order valence-electron chi connectivity index (χ2n) is 2.72. The number of hydrogen-bond donors (Lipinski definition) is 5. The molecule has 0 radical (unpaired) electrons. The van der Waals surface area contributed by atoms with E-state index in [9.17, 15) is 9.59 Å². The molecule has 0 bridgehead atoms. The van der Waals surface area contributed by atoms with Crippen molar-refractivity contribution in [3.8, 4) is 0 Å². The monoisotopic (exact) mass is 309 g/mol. The van der Waals surface area contributed by atoms with E-state index in [1.807, 2.05) is 0 Å². The van der Waals surface area contributed by atoms with Gasteiger partial charge in [-0.2, -0.15) is 16.8 Å². The minimum Gasteiger partial charge on any atom is -0.296 e. The van der Waals surface area contributed by atoms with Gasteiger partial charge in [-0.25, -0.2) is 0 Å². The van der Waals surface area contributed by atoms with Crippen LogP contribution >= 0.6 is 0 Å². The molecule has 5 N–H and O–H groups in total. The Balaban J connectivity index is 0. The standard InChI is InChI=1S/C5H7NO2.2H2O4S/c7-4-2-1-3-5(8)6-4;2*1-5(2,3)4/h1-3H2,(H,6,7,8);2*(H2,1,2,3,4). The molecule has 1 heterocycles. The molecule has 0 aromatic heterocycles. The van der Waals surface area contributed by atoms with Crippen LogP contribution in [0.4, 0.5) is 0 Å². The summed E-state index contributed by atoms with van der Waals surface area (Å²) in [7, 11) is -9.33.